The van der Waals surface area contributed by atoms with Gasteiger partial charge in [-0.25, -0.2) is 8.78 Å². The Labute approximate surface area is 83.8 Å². The molecule has 0 aliphatic carbocycles. The van der Waals surface area contributed by atoms with Gasteiger partial charge in [-0.2, -0.15) is 0 Å². The Bertz CT molecular complexity index is 368. The summed E-state index contributed by atoms with van der Waals surface area (Å²) in [6.45, 7) is 0. The molecule has 1 rings (SSSR count). The molecule has 1 N–H and O–H groups in total. The van der Waals surface area contributed by atoms with Crippen LogP contribution in [0.2, 0.25) is 0 Å². The molecule has 74 valence electrons. The van der Waals surface area contributed by atoms with Crippen LogP contribution >= 0.6 is 11.8 Å². The summed E-state index contributed by atoms with van der Waals surface area (Å²) in [6, 6.07) is 3.10. The Hall–Kier alpha value is -1.23. The highest BCUT2D eigenvalue weighted by Crippen LogP contribution is 2.23. The van der Waals surface area contributed by atoms with Gasteiger partial charge in [0.15, 0.2) is 0 Å². The predicted octanol–water partition coefficient (Wildman–Crippen LogP) is 2.62. The minimum atomic E-state index is -0.717. The third-order valence-corrected chi connectivity index (χ3v) is 2.36. The number of rotatable bonds is 3. The number of carbonyl (C=O) groups excluding carboxylic acids is 1. The monoisotopic (exact) mass is 215 g/mol. The van der Waals surface area contributed by atoms with Crippen molar-refractivity contribution in [3.63, 3.8) is 0 Å². The van der Waals surface area contributed by atoms with Gasteiger partial charge in [-0.15, -0.1) is 0 Å². The van der Waals surface area contributed by atoms with Gasteiger partial charge in [-0.1, -0.05) is 11.8 Å². The molecular formula is C9H7F2NOS. The van der Waals surface area contributed by atoms with E-state index in [-0.39, 0.29) is 16.4 Å². The number of hydrogen-bond donors (Lipinski definition) is 1. The van der Waals surface area contributed by atoms with E-state index in [0.717, 1.165) is 23.9 Å². The normalized spacial score (nSPS) is 9.86. The molecule has 0 bridgehead atoms. The van der Waals surface area contributed by atoms with Crippen molar-refractivity contribution in [1.29, 1.82) is 5.41 Å². The number of benzene rings is 1. The van der Waals surface area contributed by atoms with E-state index in [0.29, 0.717) is 6.29 Å². The van der Waals surface area contributed by atoms with Crippen molar-refractivity contribution in [2.24, 2.45) is 0 Å². The van der Waals surface area contributed by atoms with E-state index < -0.39 is 11.6 Å². The minimum absolute atomic E-state index is 0.0329. The lowest BCUT2D eigenvalue weighted by Gasteiger charge is -2.01. The summed E-state index contributed by atoms with van der Waals surface area (Å²) in [5.74, 6) is -1.38. The predicted molar refractivity (Wildman–Crippen MR) is 50.6 cm³/mol. The number of halogens is 2. The van der Waals surface area contributed by atoms with Crippen molar-refractivity contribution in [3.05, 3.63) is 29.8 Å². The van der Waals surface area contributed by atoms with Crippen LogP contribution in [0, 0.1) is 17.0 Å². The molecule has 0 saturated carbocycles. The Morgan fingerprint density at radius 1 is 1.50 bits per heavy atom. The van der Waals surface area contributed by atoms with Crippen LogP contribution in [0.5, 0.6) is 0 Å². The van der Waals surface area contributed by atoms with Crippen molar-refractivity contribution >= 4 is 23.1 Å². The highest BCUT2D eigenvalue weighted by molar-refractivity contribution is 8.13. The molecule has 0 aliphatic heterocycles. The molecule has 5 heteroatoms. The number of aldehydes is 1. The fourth-order valence-corrected chi connectivity index (χ4v) is 1.52. The summed E-state index contributed by atoms with van der Waals surface area (Å²) in [5.41, 5.74) is 0. The first-order valence-electron chi connectivity index (χ1n) is 3.77. The first-order valence-corrected chi connectivity index (χ1v) is 4.59. The van der Waals surface area contributed by atoms with Gasteiger partial charge in [0, 0.05) is 11.0 Å². The van der Waals surface area contributed by atoms with Crippen LogP contribution in [0.4, 0.5) is 8.78 Å². The van der Waals surface area contributed by atoms with Gasteiger partial charge in [0.25, 0.3) is 0 Å². The smallest absolute Gasteiger partial charge is 0.140 e. The van der Waals surface area contributed by atoms with Crippen molar-refractivity contribution in [1.82, 2.24) is 0 Å². The molecule has 0 heterocycles. The summed E-state index contributed by atoms with van der Waals surface area (Å²) in [6.07, 6.45) is 0.512. The van der Waals surface area contributed by atoms with Gasteiger partial charge in [0.1, 0.15) is 17.9 Å². The van der Waals surface area contributed by atoms with E-state index in [1.54, 1.807) is 0 Å². The number of nitrogens with one attached hydrogen (secondary N) is 1. The van der Waals surface area contributed by atoms with E-state index in [1.165, 1.54) is 6.07 Å². The van der Waals surface area contributed by atoms with Crippen LogP contribution in [0.25, 0.3) is 0 Å². The van der Waals surface area contributed by atoms with Crippen molar-refractivity contribution < 1.29 is 13.6 Å². The van der Waals surface area contributed by atoms with E-state index in [1.807, 2.05) is 0 Å². The molecule has 2 nitrogen and oxygen atoms in total. The molecule has 0 atom stereocenters. The second-order valence-corrected chi connectivity index (χ2v) is 3.61. The van der Waals surface area contributed by atoms with Crippen molar-refractivity contribution in [2.45, 2.75) is 11.3 Å². The molecule has 14 heavy (non-hydrogen) atoms. The van der Waals surface area contributed by atoms with Gasteiger partial charge in [-0.3, -0.25) is 5.41 Å². The zero-order chi connectivity index (χ0) is 10.6. The molecule has 0 saturated heterocycles. The van der Waals surface area contributed by atoms with Gasteiger partial charge in [0.05, 0.1) is 11.5 Å². The van der Waals surface area contributed by atoms with Gasteiger partial charge >= 0.3 is 0 Å². The molecule has 0 unspecified atom stereocenters. The van der Waals surface area contributed by atoms with Crippen molar-refractivity contribution in [3.8, 4) is 0 Å². The lowest BCUT2D eigenvalue weighted by Crippen LogP contribution is -1.92. The van der Waals surface area contributed by atoms with E-state index >= 15 is 0 Å². The standard InChI is InChI=1S/C9H7F2NOS/c10-6-1-2-8(7(11)5-6)14-9(12)3-4-13/h1-2,4-5,12H,3H2. The third-order valence-electron chi connectivity index (χ3n) is 1.40. The van der Waals surface area contributed by atoms with Gasteiger partial charge < -0.3 is 4.79 Å². The van der Waals surface area contributed by atoms with Crippen LogP contribution < -0.4 is 0 Å². The Kier molecular flexibility index (Phi) is 3.76. The zero-order valence-electron chi connectivity index (χ0n) is 7.09. The van der Waals surface area contributed by atoms with Crippen LogP contribution in [-0.2, 0) is 4.79 Å². The second kappa shape index (κ2) is 4.85. The number of hydrogen-bond acceptors (Lipinski definition) is 3. The van der Waals surface area contributed by atoms with E-state index in [2.05, 4.69) is 0 Å². The summed E-state index contributed by atoms with van der Waals surface area (Å²) < 4.78 is 25.5. The molecule has 0 spiro atoms. The Balaban J connectivity index is 2.76. The molecule has 0 amide bonds. The zero-order valence-corrected chi connectivity index (χ0v) is 7.91. The lowest BCUT2D eigenvalue weighted by atomic mass is 10.3. The SMILES string of the molecule is N=C(CC=O)Sc1ccc(F)cc1F. The summed E-state index contributed by atoms with van der Waals surface area (Å²) in [4.78, 5) is 10.2. The van der Waals surface area contributed by atoms with Gasteiger partial charge in [-0.05, 0) is 12.1 Å². The number of thioether (sulfide) groups is 1. The van der Waals surface area contributed by atoms with Crippen LogP contribution in [0.1, 0.15) is 6.42 Å². The van der Waals surface area contributed by atoms with Crippen molar-refractivity contribution in [2.75, 3.05) is 0 Å². The van der Waals surface area contributed by atoms with E-state index in [4.69, 9.17) is 5.41 Å². The number of carbonyl (C=O) groups is 1. The average molecular weight is 215 g/mol. The lowest BCUT2D eigenvalue weighted by molar-refractivity contribution is -0.106. The highest BCUT2D eigenvalue weighted by Gasteiger charge is 2.06. The highest BCUT2D eigenvalue weighted by atomic mass is 32.2. The molecule has 1 aromatic carbocycles. The molecule has 0 radical (unpaired) electrons. The Morgan fingerprint density at radius 2 is 2.21 bits per heavy atom. The third kappa shape index (κ3) is 2.92. The molecule has 1 aromatic rings. The maximum atomic E-state index is 13.0. The second-order valence-electron chi connectivity index (χ2n) is 2.47. The van der Waals surface area contributed by atoms with Crippen LogP contribution in [-0.4, -0.2) is 11.3 Å². The minimum Gasteiger partial charge on any atom is -0.303 e. The largest absolute Gasteiger partial charge is 0.303 e. The Morgan fingerprint density at radius 3 is 2.79 bits per heavy atom. The maximum absolute atomic E-state index is 13.0. The van der Waals surface area contributed by atoms with Crippen LogP contribution in [0.15, 0.2) is 23.1 Å². The maximum Gasteiger partial charge on any atom is 0.140 e. The molecule has 0 aromatic heterocycles. The quantitative estimate of drug-likeness (QED) is 0.364. The first-order chi connectivity index (χ1) is 6.63. The van der Waals surface area contributed by atoms with E-state index in [9.17, 15) is 13.6 Å². The fourth-order valence-electron chi connectivity index (χ4n) is 0.808. The topological polar surface area (TPSA) is 40.9 Å². The first kappa shape index (κ1) is 10.8. The molecule has 0 fully saturated rings. The summed E-state index contributed by atoms with van der Waals surface area (Å²) in [5, 5.41) is 7.28. The fraction of sp³-hybridized carbons (Fsp3) is 0.111. The average Bonchev–Trinajstić information content (AvgIpc) is 2.10. The summed E-state index contributed by atoms with van der Waals surface area (Å²) >= 11 is 0.814. The molecule has 0 aliphatic rings. The van der Waals surface area contributed by atoms with Crippen LogP contribution in [0.3, 0.4) is 0 Å². The summed E-state index contributed by atoms with van der Waals surface area (Å²) in [7, 11) is 0. The molecular weight excluding hydrogens is 208 g/mol. The van der Waals surface area contributed by atoms with Gasteiger partial charge in [0.2, 0.25) is 0 Å².